The molecule has 3 rings (SSSR count). The van der Waals surface area contributed by atoms with E-state index in [-0.39, 0.29) is 39.9 Å². The van der Waals surface area contributed by atoms with E-state index in [1.807, 2.05) is 0 Å². The Bertz CT molecular complexity index is 1060. The van der Waals surface area contributed by atoms with Crippen LogP contribution in [0, 0.1) is 0 Å². The Kier molecular flexibility index (Phi) is 8.33. The van der Waals surface area contributed by atoms with Gasteiger partial charge >= 0.3 is 18.0 Å². The molecule has 0 unspecified atom stereocenters. The SMILES string of the molecule is CCOC(=O)C1=C(COC(=O)c2ccc(Cl)c(S(=O)(=O)N3CCCCCC3)c2)NC(=O)NC1. The molecule has 33 heavy (non-hydrogen) atoms. The summed E-state index contributed by atoms with van der Waals surface area (Å²) >= 11 is 6.17. The molecule has 2 heterocycles. The molecular weight excluding hydrogens is 474 g/mol. The van der Waals surface area contributed by atoms with Crippen molar-refractivity contribution in [3.05, 3.63) is 40.1 Å². The van der Waals surface area contributed by atoms with Crippen LogP contribution in [0.25, 0.3) is 0 Å². The Morgan fingerprint density at radius 1 is 1.09 bits per heavy atom. The molecule has 0 atom stereocenters. The van der Waals surface area contributed by atoms with Crippen molar-refractivity contribution in [2.24, 2.45) is 0 Å². The van der Waals surface area contributed by atoms with Gasteiger partial charge in [-0.3, -0.25) is 0 Å². The third-order valence-electron chi connectivity index (χ3n) is 5.27. The van der Waals surface area contributed by atoms with Crippen LogP contribution in [0.5, 0.6) is 0 Å². The molecule has 0 radical (unpaired) electrons. The minimum Gasteiger partial charge on any atom is -0.463 e. The fourth-order valence-electron chi connectivity index (χ4n) is 3.54. The molecule has 12 heteroatoms. The van der Waals surface area contributed by atoms with E-state index in [0.717, 1.165) is 25.7 Å². The molecule has 180 valence electrons. The molecule has 1 saturated heterocycles. The summed E-state index contributed by atoms with van der Waals surface area (Å²) in [5.41, 5.74) is 0.202. The lowest BCUT2D eigenvalue weighted by molar-refractivity contribution is -0.138. The number of carbonyl (C=O) groups is 3. The first-order chi connectivity index (χ1) is 15.7. The van der Waals surface area contributed by atoms with Crippen molar-refractivity contribution >= 4 is 39.6 Å². The van der Waals surface area contributed by atoms with Crippen LogP contribution in [-0.2, 0) is 24.3 Å². The summed E-state index contributed by atoms with van der Waals surface area (Å²) in [6, 6.07) is 3.32. The number of benzene rings is 1. The summed E-state index contributed by atoms with van der Waals surface area (Å²) in [6.45, 7) is 2.10. The highest BCUT2D eigenvalue weighted by Crippen LogP contribution is 2.28. The van der Waals surface area contributed by atoms with Crippen molar-refractivity contribution in [3.8, 4) is 0 Å². The summed E-state index contributed by atoms with van der Waals surface area (Å²) in [4.78, 5) is 36.2. The molecule has 2 aliphatic rings. The third kappa shape index (κ3) is 6.04. The normalized spacial score (nSPS) is 17.6. The number of nitrogens with one attached hydrogen (secondary N) is 2. The van der Waals surface area contributed by atoms with Crippen LogP contribution in [0.15, 0.2) is 34.4 Å². The molecular formula is C21H26ClN3O7S. The molecule has 1 fully saturated rings. The van der Waals surface area contributed by atoms with Gasteiger partial charge in [-0.15, -0.1) is 0 Å². The van der Waals surface area contributed by atoms with Gasteiger partial charge in [-0.05, 0) is 38.0 Å². The second-order valence-corrected chi connectivity index (χ2v) is 9.84. The van der Waals surface area contributed by atoms with E-state index < -0.39 is 34.6 Å². The van der Waals surface area contributed by atoms with E-state index in [0.29, 0.717) is 13.1 Å². The molecule has 0 aromatic heterocycles. The largest absolute Gasteiger partial charge is 0.463 e. The Labute approximate surface area is 197 Å². The monoisotopic (exact) mass is 499 g/mol. The first-order valence-electron chi connectivity index (χ1n) is 10.6. The van der Waals surface area contributed by atoms with Gasteiger partial charge in [-0.25, -0.2) is 22.8 Å². The van der Waals surface area contributed by atoms with Gasteiger partial charge in [0.05, 0.1) is 35.0 Å². The van der Waals surface area contributed by atoms with Crippen LogP contribution in [0.2, 0.25) is 5.02 Å². The first-order valence-corrected chi connectivity index (χ1v) is 12.5. The van der Waals surface area contributed by atoms with Crippen molar-refractivity contribution in [3.63, 3.8) is 0 Å². The van der Waals surface area contributed by atoms with Crippen molar-refractivity contribution in [2.75, 3.05) is 32.8 Å². The van der Waals surface area contributed by atoms with Gasteiger partial charge < -0.3 is 20.1 Å². The fraction of sp³-hybridized carbons (Fsp3) is 0.476. The van der Waals surface area contributed by atoms with E-state index in [9.17, 15) is 22.8 Å². The quantitative estimate of drug-likeness (QED) is 0.550. The van der Waals surface area contributed by atoms with Gasteiger partial charge in [0.2, 0.25) is 10.0 Å². The molecule has 0 aliphatic carbocycles. The summed E-state index contributed by atoms with van der Waals surface area (Å²) < 4.78 is 37.9. The van der Waals surface area contributed by atoms with Gasteiger partial charge in [-0.1, -0.05) is 24.4 Å². The average molecular weight is 500 g/mol. The number of halogens is 1. The van der Waals surface area contributed by atoms with Gasteiger partial charge in [0, 0.05) is 13.1 Å². The van der Waals surface area contributed by atoms with Crippen molar-refractivity contribution < 1.29 is 32.3 Å². The summed E-state index contributed by atoms with van der Waals surface area (Å²) in [5, 5.41) is 4.89. The number of hydrogen-bond acceptors (Lipinski definition) is 7. The number of hydrogen-bond donors (Lipinski definition) is 2. The molecule has 2 amide bonds. The number of ether oxygens (including phenoxy) is 2. The molecule has 0 bridgehead atoms. The number of esters is 2. The van der Waals surface area contributed by atoms with E-state index >= 15 is 0 Å². The Hall–Kier alpha value is -2.63. The third-order valence-corrected chi connectivity index (χ3v) is 7.65. The highest BCUT2D eigenvalue weighted by molar-refractivity contribution is 7.89. The Balaban J connectivity index is 1.79. The predicted molar refractivity (Wildman–Crippen MR) is 119 cm³/mol. The molecule has 1 aromatic carbocycles. The molecule has 10 nitrogen and oxygen atoms in total. The van der Waals surface area contributed by atoms with Crippen LogP contribution in [0.4, 0.5) is 4.79 Å². The number of rotatable bonds is 7. The Morgan fingerprint density at radius 3 is 2.45 bits per heavy atom. The van der Waals surface area contributed by atoms with Crippen LogP contribution in [0.3, 0.4) is 0 Å². The summed E-state index contributed by atoms with van der Waals surface area (Å²) in [7, 11) is -3.88. The van der Waals surface area contributed by atoms with Gasteiger partial charge in [0.15, 0.2) is 0 Å². The molecule has 2 aliphatic heterocycles. The van der Waals surface area contributed by atoms with Crippen LogP contribution in [-0.4, -0.2) is 63.5 Å². The number of carbonyl (C=O) groups excluding carboxylic acids is 3. The second kappa shape index (κ2) is 11.0. The maximum atomic E-state index is 13.1. The van der Waals surface area contributed by atoms with Gasteiger partial charge in [0.1, 0.15) is 11.5 Å². The topological polar surface area (TPSA) is 131 Å². The summed E-state index contributed by atoms with van der Waals surface area (Å²) in [6.07, 6.45) is 3.44. The summed E-state index contributed by atoms with van der Waals surface area (Å²) in [5.74, 6) is -1.48. The highest BCUT2D eigenvalue weighted by atomic mass is 35.5. The standard InChI is InChI=1S/C21H26ClN3O7S/c1-2-31-20(27)15-12-23-21(28)24-17(15)13-32-19(26)14-7-8-16(22)18(11-14)33(29,30)25-9-5-3-4-6-10-25/h7-8,11H,2-6,9-10,12-13H2,1H3,(H2,23,24,28). The highest BCUT2D eigenvalue weighted by Gasteiger charge is 2.29. The lowest BCUT2D eigenvalue weighted by Gasteiger charge is -2.22. The van der Waals surface area contributed by atoms with E-state index in [1.54, 1.807) is 6.92 Å². The zero-order valence-electron chi connectivity index (χ0n) is 18.2. The van der Waals surface area contributed by atoms with Gasteiger partial charge in [-0.2, -0.15) is 4.31 Å². The minimum absolute atomic E-state index is 0.00807. The predicted octanol–water partition coefficient (Wildman–Crippen LogP) is 2.19. The maximum Gasteiger partial charge on any atom is 0.338 e. The number of urea groups is 1. The number of nitrogens with zero attached hydrogens (tertiary/aromatic N) is 1. The molecule has 0 spiro atoms. The second-order valence-electron chi connectivity index (χ2n) is 7.52. The van der Waals surface area contributed by atoms with Crippen molar-refractivity contribution in [1.82, 2.24) is 14.9 Å². The van der Waals surface area contributed by atoms with E-state index in [1.165, 1.54) is 22.5 Å². The van der Waals surface area contributed by atoms with Gasteiger partial charge in [0.25, 0.3) is 0 Å². The van der Waals surface area contributed by atoms with E-state index in [2.05, 4.69) is 10.6 Å². The van der Waals surface area contributed by atoms with Crippen LogP contribution >= 0.6 is 11.6 Å². The zero-order valence-corrected chi connectivity index (χ0v) is 19.8. The molecule has 0 saturated carbocycles. The maximum absolute atomic E-state index is 13.1. The average Bonchev–Trinajstić information content (AvgIpc) is 3.08. The number of amides is 2. The smallest absolute Gasteiger partial charge is 0.338 e. The first kappa shape index (κ1) is 25.0. The molecule has 2 N–H and O–H groups in total. The fourth-order valence-corrected chi connectivity index (χ4v) is 5.56. The lowest BCUT2D eigenvalue weighted by Crippen LogP contribution is -2.45. The zero-order chi connectivity index (χ0) is 24.0. The van der Waals surface area contributed by atoms with Crippen LogP contribution < -0.4 is 10.6 Å². The van der Waals surface area contributed by atoms with Crippen LogP contribution in [0.1, 0.15) is 43.0 Å². The Morgan fingerprint density at radius 2 is 1.79 bits per heavy atom. The van der Waals surface area contributed by atoms with Crippen molar-refractivity contribution in [2.45, 2.75) is 37.5 Å². The minimum atomic E-state index is -3.88. The van der Waals surface area contributed by atoms with Crippen molar-refractivity contribution in [1.29, 1.82) is 0 Å². The lowest BCUT2D eigenvalue weighted by atomic mass is 10.1. The molecule has 1 aromatic rings. The number of sulfonamides is 1. The van der Waals surface area contributed by atoms with E-state index in [4.69, 9.17) is 21.1 Å².